The van der Waals surface area contributed by atoms with E-state index in [0.29, 0.717) is 6.54 Å². The van der Waals surface area contributed by atoms with Gasteiger partial charge in [0.25, 0.3) is 0 Å². The molecule has 0 spiro atoms. The first-order chi connectivity index (χ1) is 15.2. The van der Waals surface area contributed by atoms with E-state index in [1.807, 2.05) is 50.3 Å². The molecule has 0 amide bonds. The molecule has 6 heteroatoms. The number of ether oxygens (including phenoxy) is 1. The Balaban J connectivity index is 0.00000113. The number of hydrogen-bond donors (Lipinski definition) is 5. The molecule has 0 heterocycles. The predicted octanol–water partition coefficient (Wildman–Crippen LogP) is 3.44. The normalized spacial score (nSPS) is 15.8. The van der Waals surface area contributed by atoms with Crippen LogP contribution in [-0.4, -0.2) is 43.9 Å². The van der Waals surface area contributed by atoms with Crippen LogP contribution in [0.25, 0.3) is 0 Å². The van der Waals surface area contributed by atoms with Crippen LogP contribution in [-0.2, 0) is 6.54 Å². The Kier molecular flexibility index (Phi) is 14.4. The van der Waals surface area contributed by atoms with Crippen molar-refractivity contribution in [3.63, 3.8) is 0 Å². The quantitative estimate of drug-likeness (QED) is 0.273. The predicted molar refractivity (Wildman–Crippen MR) is 129 cm³/mol. The number of aliphatic hydroxyl groups is 2. The minimum Gasteiger partial charge on any atom is -0.497 e. The van der Waals surface area contributed by atoms with Gasteiger partial charge in [0.2, 0.25) is 0 Å². The van der Waals surface area contributed by atoms with Crippen molar-refractivity contribution in [1.82, 2.24) is 16.0 Å². The zero-order chi connectivity index (χ0) is 22.9. The zero-order valence-electron chi connectivity index (χ0n) is 19.5. The summed E-state index contributed by atoms with van der Waals surface area (Å²) in [5.74, 6) is 1.80. The van der Waals surface area contributed by atoms with E-state index in [1.165, 1.54) is 24.8 Å². The van der Waals surface area contributed by atoms with Gasteiger partial charge in [-0.25, -0.2) is 0 Å². The fourth-order valence-corrected chi connectivity index (χ4v) is 3.02. The standard InChI is InChI=1S/C22H31N3O2.C2H6.CH4O/c1-27-21-11-8-19(9-12-21)16-24-22(26)25-20-4-2-3-18(7-10-20)15-23-14-13-17-5-6-17;2*1-2/h2,4,7-12,17,22-26H,3,5-6,13-16H2,1H3;1-2H3;2H,1H3. The van der Waals surface area contributed by atoms with Crippen LogP contribution in [0, 0.1) is 5.92 Å². The SMILES string of the molecule is CC.CO.COc1ccc(CNC(O)NC2=CC=C(CNCCC3CC3)CC=C2)cc1. The lowest BCUT2D eigenvalue weighted by molar-refractivity contribution is 0.112. The Morgan fingerprint density at radius 2 is 1.77 bits per heavy atom. The Hall–Kier alpha value is -2.12. The molecule has 1 unspecified atom stereocenters. The molecule has 174 valence electrons. The van der Waals surface area contributed by atoms with E-state index in [2.05, 4.69) is 28.1 Å². The van der Waals surface area contributed by atoms with Crippen LogP contribution in [0.15, 0.2) is 59.8 Å². The van der Waals surface area contributed by atoms with E-state index in [1.54, 1.807) is 7.11 Å². The van der Waals surface area contributed by atoms with E-state index in [4.69, 9.17) is 9.84 Å². The van der Waals surface area contributed by atoms with Gasteiger partial charge in [0, 0.05) is 25.9 Å². The third-order valence-electron chi connectivity index (χ3n) is 4.92. The molecule has 5 N–H and O–H groups in total. The third kappa shape index (κ3) is 11.7. The second kappa shape index (κ2) is 16.6. The average molecular weight is 432 g/mol. The summed E-state index contributed by atoms with van der Waals surface area (Å²) in [5.41, 5.74) is 3.35. The molecule has 0 bridgehead atoms. The molecule has 6 nitrogen and oxygen atoms in total. The highest BCUT2D eigenvalue weighted by atomic mass is 16.5. The van der Waals surface area contributed by atoms with E-state index in [-0.39, 0.29) is 0 Å². The van der Waals surface area contributed by atoms with Crippen molar-refractivity contribution in [2.75, 3.05) is 27.3 Å². The molecule has 2 aliphatic rings. The molecule has 31 heavy (non-hydrogen) atoms. The molecule has 0 aliphatic heterocycles. The summed E-state index contributed by atoms with van der Waals surface area (Å²) in [5, 5.41) is 26.9. The van der Waals surface area contributed by atoms with Crippen LogP contribution in [0.4, 0.5) is 0 Å². The van der Waals surface area contributed by atoms with Gasteiger partial charge in [-0.3, -0.25) is 5.32 Å². The largest absolute Gasteiger partial charge is 0.497 e. The highest BCUT2D eigenvalue weighted by Crippen LogP contribution is 2.31. The van der Waals surface area contributed by atoms with Crippen molar-refractivity contribution in [2.24, 2.45) is 5.92 Å². The number of allylic oxidation sites excluding steroid dienone is 4. The highest BCUT2D eigenvalue weighted by Gasteiger charge is 2.19. The van der Waals surface area contributed by atoms with Crippen molar-refractivity contribution in [1.29, 1.82) is 0 Å². The lowest BCUT2D eigenvalue weighted by Gasteiger charge is -2.16. The molecule has 1 aromatic carbocycles. The Labute approximate surface area is 188 Å². The summed E-state index contributed by atoms with van der Waals surface area (Å²) in [6.07, 6.45) is 12.6. The van der Waals surface area contributed by atoms with E-state index in [9.17, 15) is 5.11 Å². The summed E-state index contributed by atoms with van der Waals surface area (Å²) in [6, 6.07) is 7.79. The molecular weight excluding hydrogens is 390 g/mol. The minimum absolute atomic E-state index is 0.571. The molecule has 2 aliphatic carbocycles. The number of rotatable bonds is 11. The van der Waals surface area contributed by atoms with Gasteiger partial charge in [0.1, 0.15) is 5.75 Å². The zero-order valence-corrected chi connectivity index (χ0v) is 19.5. The first kappa shape index (κ1) is 26.9. The molecule has 1 aromatic rings. The Morgan fingerprint density at radius 1 is 1.06 bits per heavy atom. The lowest BCUT2D eigenvalue weighted by atomic mass is 10.2. The van der Waals surface area contributed by atoms with Crippen molar-refractivity contribution in [2.45, 2.75) is 52.4 Å². The summed E-state index contributed by atoms with van der Waals surface area (Å²) in [4.78, 5) is 0. The summed E-state index contributed by atoms with van der Waals surface area (Å²) in [6.45, 7) is 6.61. The fraction of sp³-hybridized carbons (Fsp3) is 0.520. The molecule has 1 saturated carbocycles. The molecule has 1 fully saturated rings. The topological polar surface area (TPSA) is 85.8 Å². The average Bonchev–Trinajstić information content (AvgIpc) is 3.67. The molecule has 0 saturated heterocycles. The summed E-state index contributed by atoms with van der Waals surface area (Å²) in [7, 11) is 2.65. The molecule has 0 radical (unpaired) electrons. The molecule has 3 rings (SSSR count). The molecule has 1 atom stereocenters. The number of aliphatic hydroxyl groups excluding tert-OH is 2. The van der Waals surface area contributed by atoms with Gasteiger partial charge in [0.15, 0.2) is 6.35 Å². The van der Waals surface area contributed by atoms with Crippen molar-refractivity contribution in [3.8, 4) is 5.75 Å². The van der Waals surface area contributed by atoms with Gasteiger partial charge in [-0.2, -0.15) is 0 Å². The number of nitrogens with one attached hydrogen (secondary N) is 3. The van der Waals surface area contributed by atoms with Crippen molar-refractivity contribution < 1.29 is 14.9 Å². The van der Waals surface area contributed by atoms with Crippen LogP contribution >= 0.6 is 0 Å². The maximum Gasteiger partial charge on any atom is 0.181 e. The number of benzene rings is 1. The smallest absolute Gasteiger partial charge is 0.181 e. The fourth-order valence-electron chi connectivity index (χ4n) is 3.02. The van der Waals surface area contributed by atoms with Gasteiger partial charge < -0.3 is 25.6 Å². The van der Waals surface area contributed by atoms with Gasteiger partial charge in [-0.05, 0) is 55.2 Å². The Morgan fingerprint density at radius 3 is 2.42 bits per heavy atom. The second-order valence-corrected chi connectivity index (χ2v) is 7.24. The van der Waals surface area contributed by atoms with E-state index < -0.39 is 6.35 Å². The van der Waals surface area contributed by atoms with Crippen LogP contribution < -0.4 is 20.7 Å². The van der Waals surface area contributed by atoms with Crippen LogP contribution in [0.2, 0.25) is 0 Å². The van der Waals surface area contributed by atoms with E-state index in [0.717, 1.165) is 49.5 Å². The molecule has 0 aromatic heterocycles. The van der Waals surface area contributed by atoms with Crippen LogP contribution in [0.1, 0.15) is 45.1 Å². The number of methoxy groups -OCH3 is 1. The summed E-state index contributed by atoms with van der Waals surface area (Å²) < 4.78 is 5.15. The van der Waals surface area contributed by atoms with Gasteiger partial charge >= 0.3 is 0 Å². The maximum absolute atomic E-state index is 10.2. The van der Waals surface area contributed by atoms with Crippen LogP contribution in [0.3, 0.4) is 0 Å². The van der Waals surface area contributed by atoms with Crippen molar-refractivity contribution >= 4 is 0 Å². The van der Waals surface area contributed by atoms with Crippen molar-refractivity contribution in [3.05, 3.63) is 65.4 Å². The first-order valence-corrected chi connectivity index (χ1v) is 11.3. The minimum atomic E-state index is -0.811. The van der Waals surface area contributed by atoms with Gasteiger partial charge in [0.05, 0.1) is 7.11 Å². The van der Waals surface area contributed by atoms with E-state index >= 15 is 0 Å². The molecular formula is C25H41N3O3. The van der Waals surface area contributed by atoms with Gasteiger partial charge in [-0.1, -0.05) is 56.5 Å². The highest BCUT2D eigenvalue weighted by molar-refractivity contribution is 5.31. The monoisotopic (exact) mass is 431 g/mol. The third-order valence-corrected chi connectivity index (χ3v) is 4.92. The number of hydrogen-bond acceptors (Lipinski definition) is 6. The summed E-state index contributed by atoms with van der Waals surface area (Å²) >= 11 is 0. The Bertz CT molecular complexity index is 680. The van der Waals surface area contributed by atoms with Gasteiger partial charge in [-0.15, -0.1) is 0 Å². The first-order valence-electron chi connectivity index (χ1n) is 11.3. The second-order valence-electron chi connectivity index (χ2n) is 7.24. The van der Waals surface area contributed by atoms with Crippen LogP contribution in [0.5, 0.6) is 5.75 Å². The lowest BCUT2D eigenvalue weighted by Crippen LogP contribution is -2.40. The maximum atomic E-state index is 10.2.